The van der Waals surface area contributed by atoms with Crippen molar-refractivity contribution in [3.63, 3.8) is 0 Å². The molecule has 1 aromatic rings. The zero-order valence-electron chi connectivity index (χ0n) is 29.0. The van der Waals surface area contributed by atoms with Gasteiger partial charge in [0.15, 0.2) is 17.8 Å². The maximum atomic E-state index is 12.5. The molecule has 4 N–H and O–H groups in total. The van der Waals surface area contributed by atoms with Crippen molar-refractivity contribution in [3.05, 3.63) is 34.9 Å². The van der Waals surface area contributed by atoms with Gasteiger partial charge in [-0.3, -0.25) is 9.69 Å². The van der Waals surface area contributed by atoms with Crippen LogP contribution in [0.3, 0.4) is 0 Å². The minimum Gasteiger partial charge on any atom is -0.463 e. The maximum Gasteiger partial charge on any atom is 0.305 e. The number of benzene rings is 1. The van der Waals surface area contributed by atoms with Crippen LogP contribution in [0.2, 0.25) is 0 Å². The number of carbonyl (C=O) groups excluding carboxylic acids is 1. The lowest BCUT2D eigenvalue weighted by molar-refractivity contribution is -0.319. The van der Waals surface area contributed by atoms with Crippen LogP contribution in [0.25, 0.3) is 0 Å². The largest absolute Gasteiger partial charge is 0.463 e. The highest BCUT2D eigenvalue weighted by Gasteiger charge is 2.53. The zero-order chi connectivity index (χ0) is 34.3. The van der Waals surface area contributed by atoms with E-state index in [0.717, 1.165) is 55.5 Å². The van der Waals surface area contributed by atoms with Crippen LogP contribution >= 0.6 is 0 Å². The minimum atomic E-state index is -1.59. The summed E-state index contributed by atoms with van der Waals surface area (Å²) in [5.74, 6) is 0.640. The second-order valence-electron chi connectivity index (χ2n) is 14.6. The van der Waals surface area contributed by atoms with E-state index >= 15 is 0 Å². The fourth-order valence-corrected chi connectivity index (χ4v) is 8.35. The number of aliphatic hydroxyl groups excluding tert-OH is 4. The van der Waals surface area contributed by atoms with E-state index in [-0.39, 0.29) is 31.8 Å². The van der Waals surface area contributed by atoms with E-state index in [1.807, 2.05) is 18.2 Å². The first kappa shape index (κ1) is 36.5. The molecule has 0 bridgehead atoms. The zero-order valence-corrected chi connectivity index (χ0v) is 29.0. The Labute approximate surface area is 290 Å². The molecular formula is C38H57NO10. The highest BCUT2D eigenvalue weighted by Crippen LogP contribution is 2.50. The maximum absolute atomic E-state index is 12.5. The van der Waals surface area contributed by atoms with Gasteiger partial charge in [0.1, 0.15) is 31.0 Å². The number of esters is 1. The fraction of sp³-hybridized carbons (Fsp3) is 0.763. The van der Waals surface area contributed by atoms with Crippen molar-refractivity contribution >= 4 is 5.97 Å². The fourth-order valence-electron chi connectivity index (χ4n) is 8.35. The summed E-state index contributed by atoms with van der Waals surface area (Å²) in [5, 5.41) is 43.7. The van der Waals surface area contributed by atoms with Crippen LogP contribution in [0.1, 0.15) is 120 Å². The van der Waals surface area contributed by atoms with Crippen LogP contribution in [-0.2, 0) is 25.5 Å². The lowest BCUT2D eigenvalue weighted by atomic mass is 9.73. The van der Waals surface area contributed by atoms with Crippen molar-refractivity contribution in [1.82, 2.24) is 4.90 Å². The van der Waals surface area contributed by atoms with Crippen LogP contribution < -0.4 is 9.47 Å². The van der Waals surface area contributed by atoms with Crippen molar-refractivity contribution in [2.24, 2.45) is 0 Å². The van der Waals surface area contributed by atoms with Gasteiger partial charge < -0.3 is 44.1 Å². The first-order valence-electron chi connectivity index (χ1n) is 18.9. The first-order valence-corrected chi connectivity index (χ1v) is 18.9. The summed E-state index contributed by atoms with van der Waals surface area (Å²) in [6.45, 7) is 3.69. The number of rotatable bonds is 18. The molecule has 2 saturated heterocycles. The second-order valence-corrected chi connectivity index (χ2v) is 14.6. The summed E-state index contributed by atoms with van der Waals surface area (Å²) in [4.78, 5) is 14.9. The van der Waals surface area contributed by atoms with Gasteiger partial charge in [-0.2, -0.15) is 0 Å². The van der Waals surface area contributed by atoms with E-state index in [2.05, 4.69) is 11.8 Å². The molecule has 49 heavy (non-hydrogen) atoms. The lowest BCUT2D eigenvalue weighted by Crippen LogP contribution is -2.61. The summed E-state index contributed by atoms with van der Waals surface area (Å²) in [7, 11) is 0. The topological polar surface area (TPSA) is 147 Å². The predicted octanol–water partition coefficient (Wildman–Crippen LogP) is 4.61. The Bertz CT molecular complexity index is 1270. The van der Waals surface area contributed by atoms with Crippen molar-refractivity contribution in [2.45, 2.75) is 165 Å². The number of ether oxygens (including phenoxy) is 5. The molecule has 9 atom stereocenters. The van der Waals surface area contributed by atoms with Crippen LogP contribution in [-0.4, -0.2) is 100 Å². The third-order valence-electron chi connectivity index (χ3n) is 11.1. The summed E-state index contributed by atoms with van der Waals surface area (Å²) >= 11 is 0. The molecule has 4 heterocycles. The highest BCUT2D eigenvalue weighted by molar-refractivity contribution is 5.69. The molecule has 1 aromatic carbocycles. The van der Waals surface area contributed by atoms with Crippen molar-refractivity contribution in [3.8, 4) is 11.5 Å². The molecule has 2 fully saturated rings. The molecule has 0 aromatic heterocycles. The Morgan fingerprint density at radius 3 is 2.20 bits per heavy atom. The van der Waals surface area contributed by atoms with Crippen LogP contribution in [0, 0.1) is 0 Å². The number of hydrogen-bond donors (Lipinski definition) is 4. The van der Waals surface area contributed by atoms with E-state index in [9.17, 15) is 25.2 Å². The summed E-state index contributed by atoms with van der Waals surface area (Å²) in [6, 6.07) is 3.95. The van der Waals surface area contributed by atoms with Gasteiger partial charge in [0.2, 0.25) is 6.79 Å². The van der Waals surface area contributed by atoms with Crippen LogP contribution in [0.5, 0.6) is 11.5 Å². The van der Waals surface area contributed by atoms with Gasteiger partial charge in [0.05, 0.1) is 12.2 Å². The molecule has 0 spiro atoms. The Balaban J connectivity index is 0.973. The van der Waals surface area contributed by atoms with Gasteiger partial charge >= 0.3 is 5.97 Å². The Hall–Kier alpha value is -2.25. The molecule has 0 amide bonds. The molecule has 0 radical (unpaired) electrons. The van der Waals surface area contributed by atoms with Crippen molar-refractivity contribution in [1.29, 1.82) is 0 Å². The van der Waals surface area contributed by atoms with E-state index < -0.39 is 48.9 Å². The molecule has 0 saturated carbocycles. The smallest absolute Gasteiger partial charge is 0.305 e. The first-order chi connectivity index (χ1) is 23.9. The molecule has 11 heteroatoms. The third-order valence-corrected chi connectivity index (χ3v) is 11.1. The number of fused-ring (bicyclic) bond motifs is 3. The van der Waals surface area contributed by atoms with E-state index in [0.29, 0.717) is 11.5 Å². The van der Waals surface area contributed by atoms with Crippen molar-refractivity contribution in [2.75, 3.05) is 19.9 Å². The standard InChI is InChI=1S/C38H57NO10/c1-2-3-4-5-6-7-8-9-10-11-12-13-14-15-31(41)45-22-30-34(42)35(43)36(44)38(48-30)49-37-27(40)18-24-16-17-39-21-25-19-28-29(47-23-46-28)20-26(25)32(37)33(24)39/h18-20,27,30,32-38,40,42-44H,2-17,21-23H2,1H3/t27-,30+,32+,33+,34+,35-,36+,37+,38-/m1/s1. The SMILES string of the molecule is CCCCCCCCCCCCCCCC(=O)OC[C@@H]1O[C@H](O[C@@H]2[C@H]3c4cc5c(cc4CN4CCC(=C[C@H]2O)[C@@H]34)OCO5)[C@@H](O)[C@H](O)[C@H]1O. The minimum absolute atomic E-state index is 0.000578. The van der Waals surface area contributed by atoms with Gasteiger partial charge in [0, 0.05) is 31.5 Å². The molecular weight excluding hydrogens is 630 g/mol. The monoisotopic (exact) mass is 687 g/mol. The van der Waals surface area contributed by atoms with Gasteiger partial charge in [-0.25, -0.2) is 0 Å². The summed E-state index contributed by atoms with van der Waals surface area (Å²) < 4.78 is 29.1. The van der Waals surface area contributed by atoms with E-state index in [1.54, 1.807) is 0 Å². The third kappa shape index (κ3) is 8.63. The summed E-state index contributed by atoms with van der Waals surface area (Å²) in [6.07, 6.45) is 9.82. The molecule has 1 aliphatic carbocycles. The van der Waals surface area contributed by atoms with Crippen LogP contribution in [0.15, 0.2) is 23.8 Å². The summed E-state index contributed by atoms with van der Waals surface area (Å²) in [5.41, 5.74) is 3.18. The molecule has 6 rings (SSSR count). The molecule has 0 unspecified atom stereocenters. The Kier molecular flexibility index (Phi) is 12.9. The quantitative estimate of drug-likeness (QED) is 0.0975. The predicted molar refractivity (Wildman–Crippen MR) is 181 cm³/mol. The van der Waals surface area contributed by atoms with Crippen molar-refractivity contribution < 1.29 is 48.9 Å². The average Bonchev–Trinajstić information content (AvgIpc) is 3.73. The van der Waals surface area contributed by atoms with Gasteiger partial charge in [-0.1, -0.05) is 95.6 Å². The second kappa shape index (κ2) is 17.3. The molecule has 4 aliphatic heterocycles. The Morgan fingerprint density at radius 2 is 1.51 bits per heavy atom. The van der Waals surface area contributed by atoms with E-state index in [4.69, 9.17) is 23.7 Å². The molecule has 274 valence electrons. The average molecular weight is 688 g/mol. The van der Waals surface area contributed by atoms with Gasteiger partial charge in [-0.15, -0.1) is 0 Å². The van der Waals surface area contributed by atoms with Crippen LogP contribution in [0.4, 0.5) is 0 Å². The number of nitrogens with zero attached hydrogens (tertiary/aromatic N) is 1. The molecule has 11 nitrogen and oxygen atoms in total. The van der Waals surface area contributed by atoms with Gasteiger partial charge in [-0.05, 0) is 36.1 Å². The number of aliphatic hydroxyl groups is 4. The lowest BCUT2D eigenvalue weighted by Gasteiger charge is -2.48. The normalized spacial score (nSPS) is 31.7. The van der Waals surface area contributed by atoms with E-state index in [1.165, 1.54) is 64.2 Å². The highest BCUT2D eigenvalue weighted by atomic mass is 16.7. The number of unbranched alkanes of at least 4 members (excludes halogenated alkanes) is 12. The van der Waals surface area contributed by atoms with Gasteiger partial charge in [0.25, 0.3) is 0 Å². The molecule has 5 aliphatic rings. The number of hydrogen-bond acceptors (Lipinski definition) is 11. The Morgan fingerprint density at radius 1 is 0.857 bits per heavy atom. The number of carbonyl (C=O) groups is 1.